The predicted molar refractivity (Wildman–Crippen MR) is 54.4 cm³/mol. The summed E-state index contributed by atoms with van der Waals surface area (Å²) in [5, 5.41) is 10.7. The van der Waals surface area contributed by atoms with Crippen molar-refractivity contribution in [3.05, 3.63) is 12.7 Å². The fraction of sp³-hybridized carbons (Fsp3) is 0.833. The molecule has 0 aliphatic heterocycles. The largest absolute Gasteiger partial charge is 0.385 e. The van der Waals surface area contributed by atoms with E-state index in [0.29, 0.717) is 5.92 Å². The van der Waals surface area contributed by atoms with E-state index in [9.17, 15) is 5.11 Å². The Bertz CT molecular complexity index is 249. The average Bonchev–Trinajstić information content (AvgIpc) is 2.51. The third-order valence-electron chi connectivity index (χ3n) is 4.96. The molecule has 0 heterocycles. The minimum atomic E-state index is -0.650. The van der Waals surface area contributed by atoms with Crippen LogP contribution in [0.1, 0.15) is 40.0 Å². The SMILES string of the molecule is C=CC1(O)C2(C)CCC(C2)C1(C)C. The summed E-state index contributed by atoms with van der Waals surface area (Å²) >= 11 is 0. The van der Waals surface area contributed by atoms with Crippen molar-refractivity contribution in [2.45, 2.75) is 45.6 Å². The van der Waals surface area contributed by atoms with Crippen LogP contribution < -0.4 is 0 Å². The van der Waals surface area contributed by atoms with Crippen LogP contribution in [-0.2, 0) is 0 Å². The van der Waals surface area contributed by atoms with Gasteiger partial charge in [0.1, 0.15) is 0 Å². The van der Waals surface area contributed by atoms with E-state index < -0.39 is 5.60 Å². The van der Waals surface area contributed by atoms with Gasteiger partial charge in [-0.2, -0.15) is 0 Å². The second-order valence-corrected chi connectivity index (χ2v) is 5.69. The molecule has 0 aromatic rings. The lowest BCUT2D eigenvalue weighted by Gasteiger charge is -2.48. The van der Waals surface area contributed by atoms with E-state index in [2.05, 4.69) is 27.4 Å². The van der Waals surface area contributed by atoms with Gasteiger partial charge in [-0.15, -0.1) is 6.58 Å². The standard InChI is InChI=1S/C12H20O/c1-5-12(13)10(2,3)9-6-7-11(12,4)8-9/h5,9,13H,1,6-8H2,2-4H3. The van der Waals surface area contributed by atoms with Gasteiger partial charge in [-0.1, -0.05) is 26.8 Å². The Hall–Kier alpha value is -0.300. The third-order valence-corrected chi connectivity index (χ3v) is 4.96. The summed E-state index contributed by atoms with van der Waals surface area (Å²) in [4.78, 5) is 0. The van der Waals surface area contributed by atoms with Gasteiger partial charge in [-0.3, -0.25) is 0 Å². The van der Waals surface area contributed by atoms with E-state index in [4.69, 9.17) is 0 Å². The molecule has 2 rings (SSSR count). The van der Waals surface area contributed by atoms with Crippen LogP contribution in [0.3, 0.4) is 0 Å². The Labute approximate surface area is 80.8 Å². The first kappa shape index (κ1) is 9.26. The Morgan fingerprint density at radius 1 is 1.38 bits per heavy atom. The minimum Gasteiger partial charge on any atom is -0.385 e. The van der Waals surface area contributed by atoms with Crippen LogP contribution in [0.5, 0.6) is 0 Å². The van der Waals surface area contributed by atoms with Gasteiger partial charge in [-0.05, 0) is 25.2 Å². The van der Waals surface area contributed by atoms with Crippen LogP contribution in [0, 0.1) is 16.7 Å². The van der Waals surface area contributed by atoms with Crippen LogP contribution in [0.25, 0.3) is 0 Å². The van der Waals surface area contributed by atoms with Gasteiger partial charge >= 0.3 is 0 Å². The van der Waals surface area contributed by atoms with Crippen molar-refractivity contribution < 1.29 is 5.11 Å². The Kier molecular flexibility index (Phi) is 1.56. The first-order valence-electron chi connectivity index (χ1n) is 5.23. The van der Waals surface area contributed by atoms with Gasteiger partial charge in [-0.25, -0.2) is 0 Å². The zero-order valence-corrected chi connectivity index (χ0v) is 8.93. The maximum absolute atomic E-state index is 10.7. The molecule has 2 fully saturated rings. The zero-order chi connectivity index (χ0) is 9.91. The second kappa shape index (κ2) is 2.20. The molecule has 0 amide bonds. The molecule has 0 aromatic carbocycles. The van der Waals surface area contributed by atoms with E-state index in [0.717, 1.165) is 6.42 Å². The van der Waals surface area contributed by atoms with Crippen molar-refractivity contribution in [3.8, 4) is 0 Å². The summed E-state index contributed by atoms with van der Waals surface area (Å²) < 4.78 is 0. The molecule has 3 atom stereocenters. The number of fused-ring (bicyclic) bond motifs is 2. The Morgan fingerprint density at radius 3 is 2.31 bits per heavy atom. The van der Waals surface area contributed by atoms with Crippen molar-refractivity contribution in [3.63, 3.8) is 0 Å². The quantitative estimate of drug-likeness (QED) is 0.615. The summed E-state index contributed by atoms with van der Waals surface area (Å²) in [5.74, 6) is 0.681. The first-order chi connectivity index (χ1) is 5.87. The first-order valence-corrected chi connectivity index (χ1v) is 5.23. The molecule has 3 unspecified atom stereocenters. The highest BCUT2D eigenvalue weighted by Crippen LogP contribution is 2.68. The van der Waals surface area contributed by atoms with E-state index in [1.54, 1.807) is 6.08 Å². The fourth-order valence-electron chi connectivity index (χ4n) is 3.80. The van der Waals surface area contributed by atoms with Crippen LogP contribution in [0.15, 0.2) is 12.7 Å². The fourth-order valence-corrected chi connectivity index (χ4v) is 3.80. The van der Waals surface area contributed by atoms with Gasteiger partial charge in [0.2, 0.25) is 0 Å². The van der Waals surface area contributed by atoms with E-state index >= 15 is 0 Å². The van der Waals surface area contributed by atoms with Crippen molar-refractivity contribution in [1.29, 1.82) is 0 Å². The molecule has 2 aliphatic carbocycles. The molecule has 0 aromatic heterocycles. The van der Waals surface area contributed by atoms with E-state index in [-0.39, 0.29) is 10.8 Å². The third kappa shape index (κ3) is 0.775. The summed E-state index contributed by atoms with van der Waals surface area (Å²) in [6.45, 7) is 10.4. The summed E-state index contributed by atoms with van der Waals surface area (Å²) in [6, 6.07) is 0. The topological polar surface area (TPSA) is 20.2 Å². The molecular weight excluding hydrogens is 160 g/mol. The maximum atomic E-state index is 10.7. The van der Waals surface area contributed by atoms with Crippen molar-refractivity contribution >= 4 is 0 Å². The second-order valence-electron chi connectivity index (χ2n) is 5.69. The average molecular weight is 180 g/mol. The molecule has 1 N–H and O–H groups in total. The van der Waals surface area contributed by atoms with Crippen molar-refractivity contribution in [2.75, 3.05) is 0 Å². The summed E-state index contributed by atoms with van der Waals surface area (Å²) in [7, 11) is 0. The molecule has 74 valence electrons. The van der Waals surface area contributed by atoms with Gasteiger partial charge in [0.15, 0.2) is 0 Å². The van der Waals surface area contributed by atoms with Crippen LogP contribution in [0.4, 0.5) is 0 Å². The Morgan fingerprint density at radius 2 is 2.00 bits per heavy atom. The van der Waals surface area contributed by atoms with Gasteiger partial charge < -0.3 is 5.11 Å². The van der Waals surface area contributed by atoms with Gasteiger partial charge in [0.05, 0.1) is 5.60 Å². The normalized spacial score (nSPS) is 52.5. The van der Waals surface area contributed by atoms with Crippen molar-refractivity contribution in [2.24, 2.45) is 16.7 Å². The summed E-state index contributed by atoms with van der Waals surface area (Å²) in [5.41, 5.74) is -0.548. The number of hydrogen-bond donors (Lipinski definition) is 1. The van der Waals surface area contributed by atoms with E-state index in [1.165, 1.54) is 12.8 Å². The molecular formula is C12H20O. The van der Waals surface area contributed by atoms with Crippen LogP contribution >= 0.6 is 0 Å². The van der Waals surface area contributed by atoms with Crippen molar-refractivity contribution in [1.82, 2.24) is 0 Å². The molecule has 13 heavy (non-hydrogen) atoms. The number of aliphatic hydroxyl groups is 1. The smallest absolute Gasteiger partial charge is 0.0931 e. The molecule has 0 radical (unpaired) electrons. The highest BCUT2D eigenvalue weighted by Gasteiger charge is 2.66. The highest BCUT2D eigenvalue weighted by atomic mass is 16.3. The number of hydrogen-bond acceptors (Lipinski definition) is 1. The van der Waals surface area contributed by atoms with Crippen LogP contribution in [0.2, 0.25) is 0 Å². The number of rotatable bonds is 1. The molecule has 2 bridgehead atoms. The molecule has 2 aliphatic rings. The predicted octanol–water partition coefficient (Wildman–Crippen LogP) is 2.75. The zero-order valence-electron chi connectivity index (χ0n) is 8.93. The molecule has 1 nitrogen and oxygen atoms in total. The molecule has 0 spiro atoms. The molecule has 0 saturated heterocycles. The highest BCUT2D eigenvalue weighted by molar-refractivity contribution is 5.24. The molecule has 2 saturated carbocycles. The monoisotopic (exact) mass is 180 g/mol. The Balaban J connectivity index is 2.51. The minimum absolute atomic E-state index is 0.0156. The van der Waals surface area contributed by atoms with Crippen LogP contribution in [-0.4, -0.2) is 10.7 Å². The maximum Gasteiger partial charge on any atom is 0.0931 e. The van der Waals surface area contributed by atoms with Gasteiger partial charge in [0, 0.05) is 10.8 Å². The molecule has 1 heteroatoms. The lowest BCUT2D eigenvalue weighted by atomic mass is 9.60. The lowest BCUT2D eigenvalue weighted by molar-refractivity contribution is -0.103. The summed E-state index contributed by atoms with van der Waals surface area (Å²) in [6.07, 6.45) is 5.39. The van der Waals surface area contributed by atoms with Gasteiger partial charge in [0.25, 0.3) is 0 Å². The lowest BCUT2D eigenvalue weighted by Crippen LogP contribution is -2.52. The van der Waals surface area contributed by atoms with E-state index in [1.807, 2.05) is 0 Å².